The van der Waals surface area contributed by atoms with Crippen molar-refractivity contribution in [3.8, 4) is 0 Å². The topological polar surface area (TPSA) is 58.4 Å². The highest BCUT2D eigenvalue weighted by Crippen LogP contribution is 2.16. The Kier molecular flexibility index (Phi) is 8.26. The average molecular weight is 271 g/mol. The predicted molar refractivity (Wildman–Crippen MR) is 82.0 cm³/mol. The minimum atomic E-state index is 0.0927. The van der Waals surface area contributed by atoms with Gasteiger partial charge in [-0.05, 0) is 44.3 Å². The molecule has 0 aliphatic rings. The van der Waals surface area contributed by atoms with Crippen LogP contribution in [-0.4, -0.2) is 44.5 Å². The van der Waals surface area contributed by atoms with Gasteiger partial charge in [0.15, 0.2) is 0 Å². The second kappa shape index (κ2) is 8.54. The van der Waals surface area contributed by atoms with Crippen LogP contribution in [0.2, 0.25) is 0 Å². The van der Waals surface area contributed by atoms with Crippen molar-refractivity contribution in [1.82, 2.24) is 10.2 Å². The zero-order valence-electron chi connectivity index (χ0n) is 13.6. The van der Waals surface area contributed by atoms with Gasteiger partial charge in [-0.3, -0.25) is 4.79 Å². The number of carbonyl (C=O) groups is 1. The van der Waals surface area contributed by atoms with Crippen molar-refractivity contribution in [1.29, 1.82) is 0 Å². The number of hydrogen-bond donors (Lipinski definition) is 2. The summed E-state index contributed by atoms with van der Waals surface area (Å²) in [6, 6.07) is 0. The molecule has 4 nitrogen and oxygen atoms in total. The highest BCUT2D eigenvalue weighted by molar-refractivity contribution is 5.76. The summed E-state index contributed by atoms with van der Waals surface area (Å²) in [6.45, 7) is 10.9. The molecule has 1 atom stereocenters. The predicted octanol–water partition coefficient (Wildman–Crippen LogP) is 1.70. The van der Waals surface area contributed by atoms with Crippen molar-refractivity contribution in [2.24, 2.45) is 23.0 Å². The quantitative estimate of drug-likeness (QED) is 0.671. The van der Waals surface area contributed by atoms with Gasteiger partial charge in [0, 0.05) is 19.5 Å². The molecule has 1 amide bonds. The van der Waals surface area contributed by atoms with Gasteiger partial charge in [0.25, 0.3) is 0 Å². The van der Waals surface area contributed by atoms with Gasteiger partial charge in [0.2, 0.25) is 5.91 Å². The molecule has 0 fully saturated rings. The molecule has 3 N–H and O–H groups in total. The fourth-order valence-electron chi connectivity index (χ4n) is 2.51. The average Bonchev–Trinajstić information content (AvgIpc) is 2.23. The third kappa shape index (κ3) is 9.91. The van der Waals surface area contributed by atoms with E-state index in [9.17, 15) is 4.79 Å². The first-order valence-corrected chi connectivity index (χ1v) is 7.27. The minimum absolute atomic E-state index is 0.0927. The minimum Gasteiger partial charge on any atom is -0.356 e. The molecule has 114 valence electrons. The Morgan fingerprint density at radius 3 is 2.32 bits per heavy atom. The molecule has 0 aromatic heterocycles. The molecule has 0 aromatic carbocycles. The van der Waals surface area contributed by atoms with E-state index in [0.29, 0.717) is 31.3 Å². The third-order valence-electron chi connectivity index (χ3n) is 3.12. The maximum absolute atomic E-state index is 11.9. The molecule has 0 heterocycles. The van der Waals surface area contributed by atoms with E-state index in [0.717, 1.165) is 13.0 Å². The normalized spacial score (nSPS) is 13.9. The number of carbonyl (C=O) groups excluding carboxylic acids is 1. The second-order valence-corrected chi connectivity index (χ2v) is 7.11. The number of hydrogen-bond acceptors (Lipinski definition) is 3. The van der Waals surface area contributed by atoms with E-state index in [-0.39, 0.29) is 11.3 Å². The summed E-state index contributed by atoms with van der Waals surface area (Å²) in [5, 5.41) is 3.05. The van der Waals surface area contributed by atoms with E-state index in [1.807, 2.05) is 0 Å². The van der Waals surface area contributed by atoms with E-state index >= 15 is 0 Å². The Hall–Kier alpha value is -0.610. The molecule has 0 unspecified atom stereocenters. The number of nitrogens with one attached hydrogen (secondary N) is 1. The van der Waals surface area contributed by atoms with Crippen molar-refractivity contribution in [2.75, 3.05) is 33.7 Å². The van der Waals surface area contributed by atoms with E-state index in [2.05, 4.69) is 52.0 Å². The van der Waals surface area contributed by atoms with Gasteiger partial charge < -0.3 is 16.0 Å². The van der Waals surface area contributed by atoms with Crippen LogP contribution in [0.3, 0.4) is 0 Å². The number of rotatable bonds is 9. The molecule has 0 radical (unpaired) electrons. The molecule has 0 bridgehead atoms. The standard InChI is InChI=1S/C15H33N3O/c1-12(2)7-13(9-16)8-14(19)17-10-15(3,4)11-18(5)6/h12-13H,7-11,16H2,1-6H3,(H,17,19)/t13-/m0/s1. The van der Waals surface area contributed by atoms with E-state index in [1.165, 1.54) is 0 Å². The summed E-state index contributed by atoms with van der Waals surface area (Å²) in [6.07, 6.45) is 1.57. The van der Waals surface area contributed by atoms with E-state index in [1.54, 1.807) is 0 Å². The summed E-state index contributed by atoms with van der Waals surface area (Å²) < 4.78 is 0. The summed E-state index contributed by atoms with van der Waals surface area (Å²) in [5.41, 5.74) is 5.82. The fourth-order valence-corrected chi connectivity index (χ4v) is 2.51. The van der Waals surface area contributed by atoms with Gasteiger partial charge in [-0.25, -0.2) is 0 Å². The zero-order chi connectivity index (χ0) is 15.1. The molecule has 0 saturated heterocycles. The fraction of sp³-hybridized carbons (Fsp3) is 0.933. The maximum atomic E-state index is 11.9. The lowest BCUT2D eigenvalue weighted by Crippen LogP contribution is -2.40. The highest BCUT2D eigenvalue weighted by Gasteiger charge is 2.21. The summed E-state index contributed by atoms with van der Waals surface area (Å²) in [5.74, 6) is 1.02. The first-order valence-electron chi connectivity index (χ1n) is 7.27. The van der Waals surface area contributed by atoms with Crippen LogP contribution < -0.4 is 11.1 Å². The van der Waals surface area contributed by atoms with Gasteiger partial charge in [-0.2, -0.15) is 0 Å². The van der Waals surface area contributed by atoms with Crippen LogP contribution >= 0.6 is 0 Å². The molecule has 0 rings (SSSR count). The van der Waals surface area contributed by atoms with Crippen LogP contribution in [0.25, 0.3) is 0 Å². The van der Waals surface area contributed by atoms with Crippen LogP contribution in [0.4, 0.5) is 0 Å². The summed E-state index contributed by atoms with van der Waals surface area (Å²) >= 11 is 0. The second-order valence-electron chi connectivity index (χ2n) is 7.11. The van der Waals surface area contributed by atoms with E-state index < -0.39 is 0 Å². The zero-order valence-corrected chi connectivity index (χ0v) is 13.6. The number of nitrogens with two attached hydrogens (primary N) is 1. The Bertz CT molecular complexity index is 262. The lowest BCUT2D eigenvalue weighted by Gasteiger charge is -2.28. The number of nitrogens with zero attached hydrogens (tertiary/aromatic N) is 1. The van der Waals surface area contributed by atoms with Gasteiger partial charge in [-0.1, -0.05) is 27.7 Å². The van der Waals surface area contributed by atoms with Crippen molar-refractivity contribution < 1.29 is 4.79 Å². The summed E-state index contributed by atoms with van der Waals surface area (Å²) in [7, 11) is 4.10. The van der Waals surface area contributed by atoms with Gasteiger partial charge in [0.05, 0.1) is 0 Å². The Morgan fingerprint density at radius 1 is 1.32 bits per heavy atom. The maximum Gasteiger partial charge on any atom is 0.220 e. The molecule has 0 spiro atoms. The lowest BCUT2D eigenvalue weighted by atomic mass is 9.91. The van der Waals surface area contributed by atoms with Crippen molar-refractivity contribution in [3.05, 3.63) is 0 Å². The molecule has 0 saturated carbocycles. The molecular formula is C15H33N3O. The van der Waals surface area contributed by atoms with Crippen LogP contribution in [0.15, 0.2) is 0 Å². The number of amides is 1. The van der Waals surface area contributed by atoms with Crippen LogP contribution in [-0.2, 0) is 4.79 Å². The first kappa shape index (κ1) is 18.4. The van der Waals surface area contributed by atoms with Crippen LogP contribution in [0.1, 0.15) is 40.5 Å². The van der Waals surface area contributed by atoms with Crippen molar-refractivity contribution in [2.45, 2.75) is 40.5 Å². The molecule has 0 aromatic rings. The smallest absolute Gasteiger partial charge is 0.220 e. The molecule has 4 heteroatoms. The molecule has 0 aliphatic heterocycles. The molecular weight excluding hydrogens is 238 g/mol. The largest absolute Gasteiger partial charge is 0.356 e. The van der Waals surface area contributed by atoms with Gasteiger partial charge in [-0.15, -0.1) is 0 Å². The Morgan fingerprint density at radius 2 is 1.89 bits per heavy atom. The molecule has 0 aliphatic carbocycles. The Labute approximate surface area is 119 Å². The third-order valence-corrected chi connectivity index (χ3v) is 3.12. The SMILES string of the molecule is CC(C)C[C@H](CN)CC(=O)NCC(C)(C)CN(C)C. The van der Waals surface area contributed by atoms with Crippen molar-refractivity contribution in [3.63, 3.8) is 0 Å². The lowest BCUT2D eigenvalue weighted by molar-refractivity contribution is -0.122. The Balaban J connectivity index is 4.09. The van der Waals surface area contributed by atoms with Crippen LogP contribution in [0, 0.1) is 17.3 Å². The van der Waals surface area contributed by atoms with E-state index in [4.69, 9.17) is 5.73 Å². The van der Waals surface area contributed by atoms with Crippen LogP contribution in [0.5, 0.6) is 0 Å². The monoisotopic (exact) mass is 271 g/mol. The molecule has 19 heavy (non-hydrogen) atoms. The van der Waals surface area contributed by atoms with Crippen molar-refractivity contribution >= 4 is 5.91 Å². The van der Waals surface area contributed by atoms with Gasteiger partial charge >= 0.3 is 0 Å². The summed E-state index contributed by atoms with van der Waals surface area (Å²) in [4.78, 5) is 14.1. The van der Waals surface area contributed by atoms with Gasteiger partial charge in [0.1, 0.15) is 0 Å². The highest BCUT2D eigenvalue weighted by atomic mass is 16.1. The first-order chi connectivity index (χ1) is 8.66.